The van der Waals surface area contributed by atoms with E-state index in [1.165, 1.54) is 98.6 Å². The lowest BCUT2D eigenvalue weighted by Crippen LogP contribution is -2.16. The number of fused-ring (bicyclic) bond motifs is 12. The van der Waals surface area contributed by atoms with Crippen molar-refractivity contribution in [2.45, 2.75) is 19.3 Å². The van der Waals surface area contributed by atoms with E-state index in [0.717, 1.165) is 22.7 Å². The Labute approximate surface area is 378 Å². The first kappa shape index (κ1) is 37.4. The van der Waals surface area contributed by atoms with Gasteiger partial charge >= 0.3 is 0 Å². The van der Waals surface area contributed by atoms with E-state index in [9.17, 15) is 0 Å². The van der Waals surface area contributed by atoms with E-state index in [4.69, 9.17) is 0 Å². The first-order valence-corrected chi connectivity index (χ1v) is 22.7. The summed E-state index contributed by atoms with van der Waals surface area (Å²) in [6.45, 7) is 4.70. The summed E-state index contributed by atoms with van der Waals surface area (Å²) >= 11 is 0. The molecule has 306 valence electrons. The molecule has 2 heteroatoms. The Morgan fingerprint density at radius 1 is 0.308 bits per heavy atom. The summed E-state index contributed by atoms with van der Waals surface area (Å²) < 4.78 is 2.46. The zero-order valence-electron chi connectivity index (χ0n) is 36.3. The molecule has 65 heavy (non-hydrogen) atoms. The van der Waals surface area contributed by atoms with Gasteiger partial charge in [-0.2, -0.15) is 0 Å². The highest BCUT2D eigenvalue weighted by Crippen LogP contribution is 2.51. The quantitative estimate of drug-likeness (QED) is 0.152. The van der Waals surface area contributed by atoms with Crippen molar-refractivity contribution in [3.05, 3.63) is 242 Å². The molecule has 0 fully saturated rings. The van der Waals surface area contributed by atoms with Gasteiger partial charge in [0.25, 0.3) is 0 Å². The molecule has 0 N–H and O–H groups in total. The minimum Gasteiger partial charge on any atom is -0.310 e. The maximum absolute atomic E-state index is 2.46. The normalized spacial score (nSPS) is 12.9. The van der Waals surface area contributed by atoms with E-state index >= 15 is 0 Å². The summed E-state index contributed by atoms with van der Waals surface area (Å²) in [6.07, 6.45) is 0. The molecule has 0 bridgehead atoms. The molecule has 1 aliphatic rings. The van der Waals surface area contributed by atoms with Crippen molar-refractivity contribution in [2.24, 2.45) is 0 Å². The van der Waals surface area contributed by atoms with E-state index < -0.39 is 0 Å². The topological polar surface area (TPSA) is 8.17 Å². The van der Waals surface area contributed by atoms with Crippen LogP contribution in [0.5, 0.6) is 0 Å². The van der Waals surface area contributed by atoms with Gasteiger partial charge in [-0.3, -0.25) is 0 Å². The Balaban J connectivity index is 0.949. The smallest absolute Gasteiger partial charge is 0.0541 e. The first-order chi connectivity index (χ1) is 32.0. The van der Waals surface area contributed by atoms with Gasteiger partial charge in [0.2, 0.25) is 0 Å². The molecule has 1 aromatic heterocycles. The Bertz CT molecular complexity index is 3800. The predicted octanol–water partition coefficient (Wildman–Crippen LogP) is 17.4. The maximum Gasteiger partial charge on any atom is 0.0541 e. The maximum atomic E-state index is 2.46. The number of aromatic nitrogens is 1. The molecule has 0 radical (unpaired) electrons. The van der Waals surface area contributed by atoms with Gasteiger partial charge in [-0.1, -0.05) is 172 Å². The zero-order chi connectivity index (χ0) is 43.2. The molecule has 2 nitrogen and oxygen atoms in total. The van der Waals surface area contributed by atoms with Gasteiger partial charge < -0.3 is 9.47 Å². The third-order valence-electron chi connectivity index (χ3n) is 14.2. The minimum atomic E-state index is -0.0879. The second kappa shape index (κ2) is 14.4. The molecular formula is C63H44N2. The molecule has 0 unspecified atom stereocenters. The lowest BCUT2D eigenvalue weighted by Gasteiger charge is -2.28. The molecule has 13 rings (SSSR count). The molecule has 0 amide bonds. The average Bonchev–Trinajstić information content (AvgIpc) is 3.81. The SMILES string of the molecule is CC1(C)c2ccccc2-c2ccc(N(c3ccccc3)c3ccc(-c4ccc5c(c4)c4cc(-c6ccccc6)ccc4n5-c4ccc5c6ccccc6c6ccccc6c5c4)cc3)cc21. The molecule has 0 saturated carbocycles. The van der Waals surface area contributed by atoms with Crippen molar-refractivity contribution in [1.29, 1.82) is 0 Å². The third-order valence-corrected chi connectivity index (χ3v) is 14.2. The molecular weight excluding hydrogens is 785 g/mol. The minimum absolute atomic E-state index is 0.0879. The summed E-state index contributed by atoms with van der Waals surface area (Å²) in [5.74, 6) is 0. The van der Waals surface area contributed by atoms with E-state index in [0.29, 0.717) is 0 Å². The Morgan fingerprint density at radius 3 is 1.43 bits per heavy atom. The lowest BCUT2D eigenvalue weighted by molar-refractivity contribution is 0.660. The van der Waals surface area contributed by atoms with Crippen molar-refractivity contribution in [3.8, 4) is 39.1 Å². The van der Waals surface area contributed by atoms with Crippen LogP contribution < -0.4 is 4.90 Å². The standard InChI is InChI=1S/C63H44N2/c1-63(2)59-24-14-13-23-54(59)55-34-32-48(40-60(55)63)64(45-17-7-4-8-18-45)46-29-25-42(26-30-46)44-28-36-62-58(38-44)57-37-43(41-15-5-3-6-16-41)27-35-61(57)65(62)47-31-33-53-51-21-10-9-19-49(51)50-20-11-12-22-52(50)56(53)39-47/h3-40H,1-2H3. The van der Waals surface area contributed by atoms with Crippen LogP contribution in [0.15, 0.2) is 231 Å². The van der Waals surface area contributed by atoms with Gasteiger partial charge in [0.1, 0.15) is 0 Å². The Hall–Kier alpha value is -8.20. The van der Waals surface area contributed by atoms with Crippen LogP contribution in [0.2, 0.25) is 0 Å². The highest BCUT2D eigenvalue weighted by Gasteiger charge is 2.35. The van der Waals surface area contributed by atoms with Crippen molar-refractivity contribution < 1.29 is 0 Å². The Kier molecular flexibility index (Phi) is 8.29. The molecule has 1 aliphatic carbocycles. The fourth-order valence-electron chi connectivity index (χ4n) is 11.0. The average molecular weight is 829 g/mol. The summed E-state index contributed by atoms with van der Waals surface area (Å²) in [5.41, 5.74) is 17.1. The summed E-state index contributed by atoms with van der Waals surface area (Å²) in [5, 5.41) is 10.1. The zero-order valence-corrected chi connectivity index (χ0v) is 36.3. The van der Waals surface area contributed by atoms with Crippen molar-refractivity contribution >= 4 is 71.2 Å². The molecule has 0 aliphatic heterocycles. The predicted molar refractivity (Wildman–Crippen MR) is 276 cm³/mol. The van der Waals surface area contributed by atoms with Gasteiger partial charge in [-0.15, -0.1) is 0 Å². The summed E-state index contributed by atoms with van der Waals surface area (Å²) in [6, 6.07) is 85.2. The molecule has 0 atom stereocenters. The van der Waals surface area contributed by atoms with Gasteiger partial charge in [0, 0.05) is 38.9 Å². The number of hydrogen-bond donors (Lipinski definition) is 0. The second-order valence-electron chi connectivity index (χ2n) is 18.1. The van der Waals surface area contributed by atoms with Crippen molar-refractivity contribution in [3.63, 3.8) is 0 Å². The van der Waals surface area contributed by atoms with Gasteiger partial charge in [-0.05, 0) is 150 Å². The van der Waals surface area contributed by atoms with E-state index in [-0.39, 0.29) is 5.41 Å². The van der Waals surface area contributed by atoms with Crippen LogP contribution in [0, 0.1) is 0 Å². The number of anilines is 3. The number of para-hydroxylation sites is 1. The fourth-order valence-corrected chi connectivity index (χ4v) is 11.0. The largest absolute Gasteiger partial charge is 0.310 e. The highest BCUT2D eigenvalue weighted by molar-refractivity contribution is 6.25. The van der Waals surface area contributed by atoms with Crippen LogP contribution in [-0.4, -0.2) is 4.57 Å². The molecule has 12 aromatic rings. The summed E-state index contributed by atoms with van der Waals surface area (Å²) in [7, 11) is 0. The van der Waals surface area contributed by atoms with Crippen molar-refractivity contribution in [1.82, 2.24) is 4.57 Å². The van der Waals surface area contributed by atoms with Crippen LogP contribution >= 0.6 is 0 Å². The highest BCUT2D eigenvalue weighted by atomic mass is 15.1. The van der Waals surface area contributed by atoms with E-state index in [1.54, 1.807) is 0 Å². The van der Waals surface area contributed by atoms with Gasteiger partial charge in [0.05, 0.1) is 11.0 Å². The van der Waals surface area contributed by atoms with Crippen LogP contribution in [0.4, 0.5) is 17.1 Å². The van der Waals surface area contributed by atoms with Gasteiger partial charge in [0.15, 0.2) is 0 Å². The van der Waals surface area contributed by atoms with Crippen LogP contribution in [-0.2, 0) is 5.41 Å². The van der Waals surface area contributed by atoms with E-state index in [2.05, 4.69) is 254 Å². The second-order valence-corrected chi connectivity index (χ2v) is 18.1. The van der Waals surface area contributed by atoms with Crippen LogP contribution in [0.1, 0.15) is 25.0 Å². The van der Waals surface area contributed by atoms with Gasteiger partial charge in [-0.25, -0.2) is 0 Å². The number of rotatable bonds is 6. The number of nitrogens with zero attached hydrogens (tertiary/aromatic N) is 2. The first-order valence-electron chi connectivity index (χ1n) is 22.7. The summed E-state index contributed by atoms with van der Waals surface area (Å²) in [4.78, 5) is 2.39. The van der Waals surface area contributed by atoms with E-state index in [1.807, 2.05) is 0 Å². The fraction of sp³-hybridized carbons (Fsp3) is 0.0476. The molecule has 0 saturated heterocycles. The molecule has 0 spiro atoms. The van der Waals surface area contributed by atoms with Crippen LogP contribution in [0.25, 0.3) is 93.2 Å². The molecule has 1 heterocycles. The molecule has 11 aromatic carbocycles. The van der Waals surface area contributed by atoms with Crippen molar-refractivity contribution in [2.75, 3.05) is 4.90 Å². The Morgan fingerprint density at radius 2 is 0.785 bits per heavy atom. The third kappa shape index (κ3) is 5.81. The lowest BCUT2D eigenvalue weighted by atomic mass is 9.82. The van der Waals surface area contributed by atoms with Crippen LogP contribution in [0.3, 0.4) is 0 Å². The monoisotopic (exact) mass is 828 g/mol. The number of benzene rings is 11. The number of hydrogen-bond acceptors (Lipinski definition) is 1.